The van der Waals surface area contributed by atoms with Gasteiger partial charge >= 0.3 is 0 Å². The molecule has 0 saturated carbocycles. The van der Waals surface area contributed by atoms with Crippen molar-refractivity contribution < 1.29 is 0 Å². The van der Waals surface area contributed by atoms with E-state index in [0.717, 1.165) is 6.42 Å². The predicted octanol–water partition coefficient (Wildman–Crippen LogP) is 3.97. The first-order valence-electron chi connectivity index (χ1n) is 6.60. The Kier molecular flexibility index (Phi) is 4.54. The quantitative estimate of drug-likeness (QED) is 0.832. The number of rotatable bonds is 5. The molecule has 0 spiro atoms. The SMILES string of the molecule is CC(C)NC(Cc1ccccc1)c1ccccc1. The fraction of sp³-hybridized carbons (Fsp3) is 0.294. The van der Waals surface area contributed by atoms with Gasteiger partial charge in [0.15, 0.2) is 0 Å². The van der Waals surface area contributed by atoms with E-state index in [1.807, 2.05) is 0 Å². The van der Waals surface area contributed by atoms with E-state index in [1.165, 1.54) is 11.1 Å². The van der Waals surface area contributed by atoms with Crippen molar-refractivity contribution in [2.24, 2.45) is 0 Å². The summed E-state index contributed by atoms with van der Waals surface area (Å²) in [5.41, 5.74) is 2.73. The molecule has 0 saturated heterocycles. The fourth-order valence-electron chi connectivity index (χ4n) is 2.21. The molecule has 2 rings (SSSR count). The van der Waals surface area contributed by atoms with Gasteiger partial charge in [-0.3, -0.25) is 0 Å². The van der Waals surface area contributed by atoms with Crippen molar-refractivity contribution >= 4 is 0 Å². The Morgan fingerprint density at radius 3 is 1.94 bits per heavy atom. The van der Waals surface area contributed by atoms with E-state index in [-0.39, 0.29) is 0 Å². The highest BCUT2D eigenvalue weighted by molar-refractivity contribution is 5.23. The van der Waals surface area contributed by atoms with Crippen molar-refractivity contribution in [1.82, 2.24) is 5.32 Å². The van der Waals surface area contributed by atoms with Gasteiger partial charge in [-0.25, -0.2) is 0 Å². The minimum absolute atomic E-state index is 0.383. The lowest BCUT2D eigenvalue weighted by molar-refractivity contribution is 0.475. The van der Waals surface area contributed by atoms with Gasteiger partial charge in [0.25, 0.3) is 0 Å². The third-order valence-electron chi connectivity index (χ3n) is 3.02. The molecule has 0 amide bonds. The molecule has 18 heavy (non-hydrogen) atoms. The summed E-state index contributed by atoms with van der Waals surface area (Å²) in [6.07, 6.45) is 1.03. The maximum atomic E-state index is 3.64. The van der Waals surface area contributed by atoms with Crippen LogP contribution in [-0.4, -0.2) is 6.04 Å². The largest absolute Gasteiger partial charge is 0.307 e. The molecule has 1 atom stereocenters. The van der Waals surface area contributed by atoms with Gasteiger partial charge in [0.05, 0.1) is 0 Å². The summed E-state index contributed by atoms with van der Waals surface area (Å²) in [7, 11) is 0. The van der Waals surface area contributed by atoms with Crippen molar-refractivity contribution in [3.05, 3.63) is 71.8 Å². The van der Waals surface area contributed by atoms with Crippen molar-refractivity contribution in [1.29, 1.82) is 0 Å². The standard InChI is InChI=1S/C17H21N/c1-14(2)18-17(16-11-7-4-8-12-16)13-15-9-5-3-6-10-15/h3-12,14,17-18H,13H2,1-2H3. The summed E-state index contributed by atoms with van der Waals surface area (Å²) in [6, 6.07) is 22.2. The molecule has 0 radical (unpaired) electrons. The van der Waals surface area contributed by atoms with Crippen molar-refractivity contribution in [2.75, 3.05) is 0 Å². The Labute approximate surface area is 110 Å². The summed E-state index contributed by atoms with van der Waals surface area (Å²) in [6.45, 7) is 4.39. The smallest absolute Gasteiger partial charge is 0.0362 e. The molecule has 0 bridgehead atoms. The van der Waals surface area contributed by atoms with Gasteiger partial charge in [-0.1, -0.05) is 74.5 Å². The molecule has 2 aromatic rings. The number of nitrogens with one attached hydrogen (secondary N) is 1. The third kappa shape index (κ3) is 3.71. The van der Waals surface area contributed by atoms with E-state index in [9.17, 15) is 0 Å². The Morgan fingerprint density at radius 1 is 0.833 bits per heavy atom. The first kappa shape index (κ1) is 12.8. The number of benzene rings is 2. The lowest BCUT2D eigenvalue weighted by Gasteiger charge is -2.22. The highest BCUT2D eigenvalue weighted by Gasteiger charge is 2.12. The number of hydrogen-bond acceptors (Lipinski definition) is 1. The maximum Gasteiger partial charge on any atom is 0.0362 e. The Bertz CT molecular complexity index is 448. The molecule has 0 aromatic heterocycles. The Morgan fingerprint density at radius 2 is 1.39 bits per heavy atom. The topological polar surface area (TPSA) is 12.0 Å². The normalized spacial score (nSPS) is 12.6. The van der Waals surface area contributed by atoms with E-state index < -0.39 is 0 Å². The van der Waals surface area contributed by atoms with Gasteiger partial charge in [0.1, 0.15) is 0 Å². The maximum absolute atomic E-state index is 3.64. The molecule has 1 heteroatoms. The fourth-order valence-corrected chi connectivity index (χ4v) is 2.21. The van der Waals surface area contributed by atoms with Crippen molar-refractivity contribution in [3.8, 4) is 0 Å². The van der Waals surface area contributed by atoms with Crippen LogP contribution in [0.1, 0.15) is 31.0 Å². The first-order valence-corrected chi connectivity index (χ1v) is 6.60. The predicted molar refractivity (Wildman–Crippen MR) is 77.6 cm³/mol. The van der Waals surface area contributed by atoms with Crippen molar-refractivity contribution in [2.45, 2.75) is 32.4 Å². The Hall–Kier alpha value is -1.60. The van der Waals surface area contributed by atoms with Crippen LogP contribution in [0.2, 0.25) is 0 Å². The van der Waals surface area contributed by atoms with Crippen LogP contribution in [0.25, 0.3) is 0 Å². The summed E-state index contributed by atoms with van der Waals surface area (Å²) in [5.74, 6) is 0. The van der Waals surface area contributed by atoms with E-state index in [1.54, 1.807) is 0 Å². The summed E-state index contributed by atoms with van der Waals surface area (Å²) in [5, 5.41) is 3.64. The zero-order valence-corrected chi connectivity index (χ0v) is 11.1. The zero-order valence-electron chi connectivity index (χ0n) is 11.1. The van der Waals surface area contributed by atoms with Crippen LogP contribution < -0.4 is 5.32 Å². The molecule has 0 aliphatic carbocycles. The highest BCUT2D eigenvalue weighted by atomic mass is 14.9. The molecule has 2 aromatic carbocycles. The van der Waals surface area contributed by atoms with Crippen LogP contribution in [-0.2, 0) is 6.42 Å². The molecule has 1 unspecified atom stereocenters. The van der Waals surface area contributed by atoms with Crippen LogP contribution >= 0.6 is 0 Å². The van der Waals surface area contributed by atoms with Crippen LogP contribution in [0.15, 0.2) is 60.7 Å². The second-order valence-electron chi connectivity index (χ2n) is 4.97. The van der Waals surface area contributed by atoms with Gasteiger partial charge < -0.3 is 5.32 Å². The Balaban J connectivity index is 2.16. The summed E-state index contributed by atoms with van der Waals surface area (Å²) < 4.78 is 0. The lowest BCUT2D eigenvalue weighted by atomic mass is 9.98. The van der Waals surface area contributed by atoms with E-state index in [4.69, 9.17) is 0 Å². The zero-order chi connectivity index (χ0) is 12.8. The summed E-state index contributed by atoms with van der Waals surface area (Å²) in [4.78, 5) is 0. The second-order valence-corrected chi connectivity index (χ2v) is 4.97. The monoisotopic (exact) mass is 239 g/mol. The van der Waals surface area contributed by atoms with Crippen LogP contribution in [0.4, 0.5) is 0 Å². The van der Waals surface area contributed by atoms with Crippen LogP contribution in [0, 0.1) is 0 Å². The average molecular weight is 239 g/mol. The van der Waals surface area contributed by atoms with Gasteiger partial charge in [-0.15, -0.1) is 0 Å². The average Bonchev–Trinajstić information content (AvgIpc) is 2.40. The molecule has 0 aliphatic rings. The van der Waals surface area contributed by atoms with Crippen molar-refractivity contribution in [3.63, 3.8) is 0 Å². The first-order chi connectivity index (χ1) is 8.75. The molecule has 0 aliphatic heterocycles. The van der Waals surface area contributed by atoms with Crippen LogP contribution in [0.3, 0.4) is 0 Å². The summed E-state index contributed by atoms with van der Waals surface area (Å²) >= 11 is 0. The molecule has 0 heterocycles. The minimum Gasteiger partial charge on any atom is -0.307 e. The molecule has 1 N–H and O–H groups in total. The lowest BCUT2D eigenvalue weighted by Crippen LogP contribution is -2.29. The van der Waals surface area contributed by atoms with Gasteiger partial charge in [0, 0.05) is 12.1 Å². The molecule has 94 valence electrons. The third-order valence-corrected chi connectivity index (χ3v) is 3.02. The van der Waals surface area contributed by atoms with Crippen LogP contribution in [0.5, 0.6) is 0 Å². The van der Waals surface area contributed by atoms with E-state index in [2.05, 4.69) is 79.8 Å². The molecular formula is C17H21N. The van der Waals surface area contributed by atoms with E-state index in [0.29, 0.717) is 12.1 Å². The highest BCUT2D eigenvalue weighted by Crippen LogP contribution is 2.18. The molecular weight excluding hydrogens is 218 g/mol. The molecule has 0 fully saturated rings. The second kappa shape index (κ2) is 6.36. The van der Waals surface area contributed by atoms with Gasteiger partial charge in [0.2, 0.25) is 0 Å². The molecule has 1 nitrogen and oxygen atoms in total. The number of hydrogen-bond donors (Lipinski definition) is 1. The minimum atomic E-state index is 0.383. The van der Waals surface area contributed by atoms with Gasteiger partial charge in [-0.05, 0) is 17.5 Å². The van der Waals surface area contributed by atoms with E-state index >= 15 is 0 Å². The van der Waals surface area contributed by atoms with Gasteiger partial charge in [-0.2, -0.15) is 0 Å².